The molecule has 1 N–H and O–H groups in total. The zero-order valence-corrected chi connectivity index (χ0v) is 13.9. The van der Waals surface area contributed by atoms with E-state index in [1.54, 1.807) is 0 Å². The molecule has 0 radical (unpaired) electrons. The van der Waals surface area contributed by atoms with E-state index in [2.05, 4.69) is 47.5 Å². The van der Waals surface area contributed by atoms with Crippen molar-refractivity contribution in [3.63, 3.8) is 0 Å². The van der Waals surface area contributed by atoms with Gasteiger partial charge in [0.1, 0.15) is 6.04 Å². The normalized spacial score (nSPS) is 19.6. The number of likely N-dealkylation sites (tertiary alicyclic amines) is 1. The van der Waals surface area contributed by atoms with E-state index in [4.69, 9.17) is 4.74 Å². The molecule has 2 atom stereocenters. The molecule has 0 amide bonds. The molecule has 1 heterocycles. The number of nitrogens with zero attached hydrogens (tertiary/aromatic N) is 1. The minimum atomic E-state index is -0.173. The predicted octanol–water partition coefficient (Wildman–Crippen LogP) is 2.75. The van der Waals surface area contributed by atoms with Gasteiger partial charge < -0.3 is 10.1 Å². The minimum Gasteiger partial charge on any atom is -0.468 e. The maximum atomic E-state index is 11.7. The molecule has 0 bridgehead atoms. The Labute approximate surface area is 133 Å². The second-order valence-corrected chi connectivity index (χ2v) is 6.05. The Morgan fingerprint density at radius 3 is 2.50 bits per heavy atom. The van der Waals surface area contributed by atoms with Crippen LogP contribution < -0.4 is 5.32 Å². The van der Waals surface area contributed by atoms with Crippen molar-refractivity contribution < 1.29 is 9.53 Å². The maximum absolute atomic E-state index is 11.7. The Morgan fingerprint density at radius 1 is 1.32 bits per heavy atom. The number of ether oxygens (including phenoxy) is 1. The molecule has 4 nitrogen and oxygen atoms in total. The molecule has 1 aromatic carbocycles. The Hall–Kier alpha value is -1.39. The summed E-state index contributed by atoms with van der Waals surface area (Å²) in [5.74, 6) is -0.150. The first-order chi connectivity index (χ1) is 10.7. The largest absolute Gasteiger partial charge is 0.468 e. The Kier molecular flexibility index (Phi) is 6.40. The van der Waals surface area contributed by atoms with Gasteiger partial charge in [-0.25, -0.2) is 0 Å². The van der Waals surface area contributed by atoms with Gasteiger partial charge >= 0.3 is 5.97 Å². The van der Waals surface area contributed by atoms with Gasteiger partial charge in [-0.1, -0.05) is 37.3 Å². The van der Waals surface area contributed by atoms with Gasteiger partial charge in [-0.15, -0.1) is 0 Å². The lowest BCUT2D eigenvalue weighted by atomic mass is 9.99. The summed E-state index contributed by atoms with van der Waals surface area (Å²) in [6.45, 7) is 6.41. The molecule has 22 heavy (non-hydrogen) atoms. The molecule has 1 aliphatic heterocycles. The van der Waals surface area contributed by atoms with E-state index in [-0.39, 0.29) is 12.0 Å². The van der Waals surface area contributed by atoms with Crippen molar-refractivity contribution >= 4 is 5.97 Å². The summed E-state index contributed by atoms with van der Waals surface area (Å²) in [5, 5.41) is 3.45. The maximum Gasteiger partial charge on any atom is 0.322 e. The molecule has 1 saturated heterocycles. The summed E-state index contributed by atoms with van der Waals surface area (Å²) >= 11 is 0. The van der Waals surface area contributed by atoms with Gasteiger partial charge in [0.15, 0.2) is 0 Å². The van der Waals surface area contributed by atoms with Gasteiger partial charge in [-0.3, -0.25) is 9.69 Å². The van der Waals surface area contributed by atoms with Crippen LogP contribution in [0.2, 0.25) is 0 Å². The molecule has 2 unspecified atom stereocenters. The molecule has 0 aliphatic carbocycles. The topological polar surface area (TPSA) is 41.6 Å². The van der Waals surface area contributed by atoms with Gasteiger partial charge in [0.25, 0.3) is 0 Å². The number of benzene rings is 1. The fourth-order valence-electron chi connectivity index (χ4n) is 3.18. The van der Waals surface area contributed by atoms with E-state index in [0.717, 1.165) is 32.4 Å². The van der Waals surface area contributed by atoms with E-state index < -0.39 is 0 Å². The highest BCUT2D eigenvalue weighted by atomic mass is 16.5. The smallest absolute Gasteiger partial charge is 0.322 e. The van der Waals surface area contributed by atoms with Crippen LogP contribution in [0.1, 0.15) is 44.7 Å². The van der Waals surface area contributed by atoms with E-state index in [1.807, 2.05) is 6.92 Å². The molecule has 0 spiro atoms. The molecular formula is C18H28N2O2. The van der Waals surface area contributed by atoms with E-state index in [1.165, 1.54) is 12.7 Å². The van der Waals surface area contributed by atoms with Crippen LogP contribution in [-0.2, 0) is 9.53 Å². The highest BCUT2D eigenvalue weighted by molar-refractivity contribution is 5.75. The van der Waals surface area contributed by atoms with Gasteiger partial charge in [0.05, 0.1) is 7.11 Å². The Morgan fingerprint density at radius 2 is 1.95 bits per heavy atom. The van der Waals surface area contributed by atoms with Crippen LogP contribution in [0.15, 0.2) is 30.3 Å². The fourth-order valence-corrected chi connectivity index (χ4v) is 3.18. The Balaban J connectivity index is 1.84. The van der Waals surface area contributed by atoms with Crippen LogP contribution in [0, 0.1) is 0 Å². The second-order valence-electron chi connectivity index (χ2n) is 6.05. The van der Waals surface area contributed by atoms with E-state index in [9.17, 15) is 4.79 Å². The number of hydrogen-bond acceptors (Lipinski definition) is 4. The second kappa shape index (κ2) is 8.30. The van der Waals surface area contributed by atoms with Crippen molar-refractivity contribution in [2.45, 2.75) is 51.2 Å². The van der Waals surface area contributed by atoms with Gasteiger partial charge in [0, 0.05) is 25.2 Å². The summed E-state index contributed by atoms with van der Waals surface area (Å²) in [6.07, 6.45) is 2.92. The van der Waals surface area contributed by atoms with E-state index in [0.29, 0.717) is 12.1 Å². The number of carbonyl (C=O) groups is 1. The quantitative estimate of drug-likeness (QED) is 0.821. The Bertz CT molecular complexity index is 455. The monoisotopic (exact) mass is 304 g/mol. The molecule has 2 rings (SSSR count). The number of rotatable bonds is 6. The molecule has 122 valence electrons. The number of nitrogens with one attached hydrogen (secondary N) is 1. The van der Waals surface area contributed by atoms with Crippen LogP contribution >= 0.6 is 0 Å². The van der Waals surface area contributed by atoms with Gasteiger partial charge in [0.2, 0.25) is 0 Å². The summed E-state index contributed by atoms with van der Waals surface area (Å²) in [6, 6.07) is 11.3. The first-order valence-corrected chi connectivity index (χ1v) is 8.28. The number of methoxy groups -OCH3 is 1. The van der Waals surface area contributed by atoms with Crippen molar-refractivity contribution in [1.82, 2.24) is 10.2 Å². The molecule has 1 aromatic rings. The fraction of sp³-hybridized carbons (Fsp3) is 0.611. The third kappa shape index (κ3) is 4.31. The van der Waals surface area contributed by atoms with Crippen molar-refractivity contribution in [3.05, 3.63) is 35.9 Å². The van der Waals surface area contributed by atoms with Crippen LogP contribution in [0.5, 0.6) is 0 Å². The lowest BCUT2D eigenvalue weighted by Crippen LogP contribution is -2.49. The summed E-state index contributed by atoms with van der Waals surface area (Å²) in [7, 11) is 1.46. The number of hydrogen-bond donors (Lipinski definition) is 1. The molecule has 1 fully saturated rings. The lowest BCUT2D eigenvalue weighted by molar-refractivity contribution is -0.143. The van der Waals surface area contributed by atoms with Crippen molar-refractivity contribution in [2.75, 3.05) is 20.2 Å². The first kappa shape index (κ1) is 17.0. The standard InChI is InChI=1S/C18H28N2O2/c1-4-17(18(21)22-3)19-16-10-12-20(13-11-16)14(2)15-8-6-5-7-9-15/h5-9,14,16-17,19H,4,10-13H2,1-3H3. The third-order valence-corrected chi connectivity index (χ3v) is 4.69. The summed E-state index contributed by atoms with van der Waals surface area (Å²) in [5.41, 5.74) is 1.37. The van der Waals surface area contributed by atoms with Crippen molar-refractivity contribution in [3.8, 4) is 0 Å². The first-order valence-electron chi connectivity index (χ1n) is 8.28. The van der Waals surface area contributed by atoms with Gasteiger partial charge in [-0.2, -0.15) is 0 Å². The SMILES string of the molecule is CCC(NC1CCN(C(C)c2ccccc2)CC1)C(=O)OC. The van der Waals surface area contributed by atoms with Crippen LogP contribution in [0.25, 0.3) is 0 Å². The zero-order chi connectivity index (χ0) is 15.9. The number of piperidine rings is 1. The minimum absolute atomic E-state index is 0.150. The molecule has 4 heteroatoms. The average molecular weight is 304 g/mol. The van der Waals surface area contributed by atoms with E-state index >= 15 is 0 Å². The summed E-state index contributed by atoms with van der Waals surface area (Å²) < 4.78 is 4.85. The predicted molar refractivity (Wildman–Crippen MR) is 88.7 cm³/mol. The lowest BCUT2D eigenvalue weighted by Gasteiger charge is -2.37. The number of esters is 1. The van der Waals surface area contributed by atoms with Crippen LogP contribution in [-0.4, -0.2) is 43.2 Å². The molecular weight excluding hydrogens is 276 g/mol. The van der Waals surface area contributed by atoms with Crippen molar-refractivity contribution in [2.24, 2.45) is 0 Å². The molecule has 0 saturated carbocycles. The molecule has 0 aromatic heterocycles. The molecule has 1 aliphatic rings. The van der Waals surface area contributed by atoms with Crippen LogP contribution in [0.4, 0.5) is 0 Å². The van der Waals surface area contributed by atoms with Crippen molar-refractivity contribution in [1.29, 1.82) is 0 Å². The number of carbonyl (C=O) groups excluding carboxylic acids is 1. The summed E-state index contributed by atoms with van der Waals surface area (Å²) in [4.78, 5) is 14.2. The van der Waals surface area contributed by atoms with Crippen LogP contribution in [0.3, 0.4) is 0 Å². The zero-order valence-electron chi connectivity index (χ0n) is 13.9. The third-order valence-electron chi connectivity index (χ3n) is 4.69. The van der Waals surface area contributed by atoms with Gasteiger partial charge in [-0.05, 0) is 31.7 Å². The average Bonchev–Trinajstić information content (AvgIpc) is 2.59. The highest BCUT2D eigenvalue weighted by Gasteiger charge is 2.26. The highest BCUT2D eigenvalue weighted by Crippen LogP contribution is 2.24.